The average molecular weight is 282 g/mol. The minimum atomic E-state index is -0.888. The number of nitrogens with one attached hydrogen (secondary N) is 1. The Morgan fingerprint density at radius 1 is 1.25 bits per heavy atom. The third-order valence-corrected chi connectivity index (χ3v) is 4.78. The van der Waals surface area contributed by atoms with Crippen molar-refractivity contribution in [3.05, 3.63) is 0 Å². The Balaban J connectivity index is 2.01. The van der Waals surface area contributed by atoms with Gasteiger partial charge >= 0.3 is 12.0 Å². The van der Waals surface area contributed by atoms with Gasteiger partial charge in [0.2, 0.25) is 0 Å². The van der Waals surface area contributed by atoms with Crippen LogP contribution in [0.3, 0.4) is 0 Å². The molecule has 1 heterocycles. The maximum atomic E-state index is 12.4. The molecule has 1 aliphatic heterocycles. The van der Waals surface area contributed by atoms with Crippen molar-refractivity contribution in [2.75, 3.05) is 6.54 Å². The first-order chi connectivity index (χ1) is 9.41. The topological polar surface area (TPSA) is 69.6 Å². The Bertz CT molecular complexity index is 377. The number of nitrogens with zero attached hydrogens (tertiary/aromatic N) is 1. The Morgan fingerprint density at radius 3 is 2.50 bits per heavy atom. The third kappa shape index (κ3) is 3.44. The van der Waals surface area contributed by atoms with Gasteiger partial charge in [0, 0.05) is 12.1 Å². The van der Waals surface area contributed by atoms with Crippen molar-refractivity contribution in [3.63, 3.8) is 0 Å². The predicted octanol–water partition coefficient (Wildman–Crippen LogP) is 2.60. The van der Waals surface area contributed by atoms with Gasteiger partial charge in [-0.2, -0.15) is 0 Å². The molecule has 1 saturated heterocycles. The van der Waals surface area contributed by atoms with Gasteiger partial charge in [-0.15, -0.1) is 0 Å². The van der Waals surface area contributed by atoms with Crippen molar-refractivity contribution in [1.82, 2.24) is 10.2 Å². The minimum Gasteiger partial charge on any atom is -0.480 e. The van der Waals surface area contributed by atoms with Gasteiger partial charge in [0.1, 0.15) is 6.04 Å². The number of piperidine rings is 1. The zero-order valence-electron chi connectivity index (χ0n) is 12.5. The Hall–Kier alpha value is -1.26. The fourth-order valence-corrected chi connectivity index (χ4v) is 3.41. The summed E-state index contributed by atoms with van der Waals surface area (Å²) in [6.45, 7) is 4.67. The molecular weight excluding hydrogens is 256 g/mol. The van der Waals surface area contributed by atoms with E-state index in [4.69, 9.17) is 0 Å². The normalized spacial score (nSPS) is 29.8. The van der Waals surface area contributed by atoms with E-state index in [9.17, 15) is 14.7 Å². The van der Waals surface area contributed by atoms with E-state index in [0.717, 1.165) is 32.1 Å². The summed E-state index contributed by atoms with van der Waals surface area (Å²) in [6, 6.07) is -0.875. The van der Waals surface area contributed by atoms with E-state index < -0.39 is 12.0 Å². The van der Waals surface area contributed by atoms with Crippen LogP contribution in [-0.2, 0) is 4.79 Å². The lowest BCUT2D eigenvalue weighted by Crippen LogP contribution is -2.58. The van der Waals surface area contributed by atoms with Crippen molar-refractivity contribution < 1.29 is 14.7 Å². The zero-order chi connectivity index (χ0) is 14.8. The van der Waals surface area contributed by atoms with Crippen LogP contribution in [0.5, 0.6) is 0 Å². The van der Waals surface area contributed by atoms with Crippen LogP contribution in [0.1, 0.15) is 58.8 Å². The summed E-state index contributed by atoms with van der Waals surface area (Å²) in [5.74, 6) is -0.522. The van der Waals surface area contributed by atoms with E-state index in [2.05, 4.69) is 12.2 Å². The van der Waals surface area contributed by atoms with Gasteiger partial charge in [-0.05, 0) is 38.5 Å². The molecule has 2 fully saturated rings. The Kier molecular flexibility index (Phi) is 4.55. The highest BCUT2D eigenvalue weighted by Gasteiger charge is 2.37. The lowest BCUT2D eigenvalue weighted by Gasteiger charge is -2.40. The quantitative estimate of drug-likeness (QED) is 0.818. The van der Waals surface area contributed by atoms with E-state index in [0.29, 0.717) is 18.9 Å². The molecular formula is C15H26N2O3. The number of carbonyl (C=O) groups is 2. The van der Waals surface area contributed by atoms with Crippen LogP contribution in [0.4, 0.5) is 4.79 Å². The predicted molar refractivity (Wildman–Crippen MR) is 76.5 cm³/mol. The van der Waals surface area contributed by atoms with Gasteiger partial charge in [-0.3, -0.25) is 0 Å². The van der Waals surface area contributed by atoms with Crippen LogP contribution in [0.25, 0.3) is 0 Å². The number of urea groups is 1. The molecule has 1 saturated carbocycles. The highest BCUT2D eigenvalue weighted by Crippen LogP contribution is 2.29. The summed E-state index contributed by atoms with van der Waals surface area (Å²) in [6.07, 6.45) is 6.91. The van der Waals surface area contributed by atoms with Crippen molar-refractivity contribution in [2.45, 2.75) is 70.4 Å². The first kappa shape index (κ1) is 15.1. The van der Waals surface area contributed by atoms with Gasteiger partial charge in [-0.1, -0.05) is 26.2 Å². The molecule has 1 aliphatic carbocycles. The fourth-order valence-electron chi connectivity index (χ4n) is 3.41. The van der Waals surface area contributed by atoms with E-state index in [-0.39, 0.29) is 11.6 Å². The van der Waals surface area contributed by atoms with Crippen LogP contribution in [-0.4, -0.2) is 40.1 Å². The van der Waals surface area contributed by atoms with E-state index in [1.54, 1.807) is 0 Å². The molecule has 2 aliphatic rings. The molecule has 0 aromatic carbocycles. The zero-order valence-corrected chi connectivity index (χ0v) is 12.5. The van der Waals surface area contributed by atoms with Crippen LogP contribution < -0.4 is 5.32 Å². The van der Waals surface area contributed by atoms with Crippen LogP contribution in [0.2, 0.25) is 0 Å². The maximum Gasteiger partial charge on any atom is 0.326 e. The number of hydrogen-bond donors (Lipinski definition) is 2. The lowest BCUT2D eigenvalue weighted by atomic mass is 9.83. The van der Waals surface area contributed by atoms with Crippen LogP contribution in [0.15, 0.2) is 0 Å². The summed E-state index contributed by atoms with van der Waals surface area (Å²) in [5.41, 5.74) is -0.165. The maximum absolute atomic E-state index is 12.4. The number of amides is 2. The smallest absolute Gasteiger partial charge is 0.326 e. The van der Waals surface area contributed by atoms with Gasteiger partial charge < -0.3 is 15.3 Å². The summed E-state index contributed by atoms with van der Waals surface area (Å²) in [4.78, 5) is 25.3. The van der Waals surface area contributed by atoms with E-state index in [1.165, 1.54) is 11.3 Å². The molecule has 114 valence electrons. The largest absolute Gasteiger partial charge is 0.480 e. The van der Waals surface area contributed by atoms with Gasteiger partial charge in [0.25, 0.3) is 0 Å². The number of carboxylic acid groups (broad SMARTS) is 1. The molecule has 5 heteroatoms. The summed E-state index contributed by atoms with van der Waals surface area (Å²) >= 11 is 0. The highest BCUT2D eigenvalue weighted by atomic mass is 16.4. The number of hydrogen-bond acceptors (Lipinski definition) is 2. The Labute approximate surface area is 120 Å². The standard InChI is InChI=1S/C15H26N2O3/c1-11-6-9-17(12(10-11)13(18)19)14(20)16-15(2)7-4-3-5-8-15/h11-12H,3-10H2,1-2H3,(H,16,20)(H,18,19). The molecule has 2 unspecified atom stereocenters. The molecule has 20 heavy (non-hydrogen) atoms. The minimum absolute atomic E-state index is 0.165. The van der Waals surface area contributed by atoms with Gasteiger partial charge in [0.05, 0.1) is 0 Å². The molecule has 2 rings (SSSR count). The van der Waals surface area contributed by atoms with Crippen LogP contribution >= 0.6 is 0 Å². The number of aliphatic carboxylic acids is 1. The number of likely N-dealkylation sites (tertiary alicyclic amines) is 1. The van der Waals surface area contributed by atoms with Crippen molar-refractivity contribution >= 4 is 12.0 Å². The van der Waals surface area contributed by atoms with Gasteiger partial charge in [0.15, 0.2) is 0 Å². The lowest BCUT2D eigenvalue weighted by molar-refractivity contribution is -0.143. The van der Waals surface area contributed by atoms with Crippen LogP contribution in [0, 0.1) is 5.92 Å². The first-order valence-corrected chi connectivity index (χ1v) is 7.73. The second-order valence-electron chi connectivity index (χ2n) is 6.73. The van der Waals surface area contributed by atoms with E-state index >= 15 is 0 Å². The highest BCUT2D eigenvalue weighted by molar-refractivity contribution is 5.83. The molecule has 0 aromatic heterocycles. The molecule has 5 nitrogen and oxygen atoms in total. The second-order valence-corrected chi connectivity index (χ2v) is 6.73. The molecule has 0 spiro atoms. The average Bonchev–Trinajstić information content (AvgIpc) is 2.38. The summed E-state index contributed by atoms with van der Waals surface area (Å²) in [5, 5.41) is 12.4. The molecule has 0 radical (unpaired) electrons. The molecule has 2 atom stereocenters. The fraction of sp³-hybridized carbons (Fsp3) is 0.867. The number of carboxylic acids is 1. The van der Waals surface area contributed by atoms with Crippen molar-refractivity contribution in [1.29, 1.82) is 0 Å². The third-order valence-electron chi connectivity index (χ3n) is 4.78. The monoisotopic (exact) mass is 282 g/mol. The SMILES string of the molecule is CC1CCN(C(=O)NC2(C)CCCCC2)C(C(=O)O)C1. The van der Waals surface area contributed by atoms with E-state index in [1.807, 2.05) is 6.92 Å². The molecule has 2 amide bonds. The number of carbonyl (C=O) groups excluding carboxylic acids is 1. The second kappa shape index (κ2) is 6.02. The molecule has 0 bridgehead atoms. The van der Waals surface area contributed by atoms with Gasteiger partial charge in [-0.25, -0.2) is 9.59 Å². The number of rotatable bonds is 2. The first-order valence-electron chi connectivity index (χ1n) is 7.73. The summed E-state index contributed by atoms with van der Waals surface area (Å²) in [7, 11) is 0. The summed E-state index contributed by atoms with van der Waals surface area (Å²) < 4.78 is 0. The molecule has 2 N–H and O–H groups in total. The van der Waals surface area contributed by atoms with Crippen molar-refractivity contribution in [2.24, 2.45) is 5.92 Å². The Morgan fingerprint density at radius 2 is 1.90 bits per heavy atom. The van der Waals surface area contributed by atoms with Crippen molar-refractivity contribution in [3.8, 4) is 0 Å². The molecule has 0 aromatic rings.